The number of nitrogens with one attached hydrogen (secondary N) is 3. The Kier molecular flexibility index (Phi) is 6.26. The summed E-state index contributed by atoms with van der Waals surface area (Å²) in [6.07, 6.45) is 4.44. The molecular weight excluding hydrogens is 376 g/mol. The second-order valence-electron chi connectivity index (χ2n) is 6.61. The number of aromatic nitrogens is 4. The van der Waals surface area contributed by atoms with Crippen molar-refractivity contribution in [2.45, 2.75) is 33.2 Å². The number of aromatic amines is 1. The van der Waals surface area contributed by atoms with Gasteiger partial charge in [-0.3, -0.25) is 9.89 Å². The Morgan fingerprint density at radius 2 is 2.04 bits per heavy atom. The van der Waals surface area contributed by atoms with E-state index in [9.17, 15) is 4.79 Å². The van der Waals surface area contributed by atoms with Gasteiger partial charge >= 0.3 is 0 Å². The van der Waals surface area contributed by atoms with Crippen LogP contribution in [0.4, 0.5) is 5.82 Å². The lowest BCUT2D eigenvalue weighted by Crippen LogP contribution is -2.29. The van der Waals surface area contributed by atoms with Gasteiger partial charge in [-0.25, -0.2) is 9.97 Å². The summed E-state index contributed by atoms with van der Waals surface area (Å²) in [6.45, 7) is 6.36. The summed E-state index contributed by atoms with van der Waals surface area (Å²) in [5.74, 6) is 0.452. The van der Waals surface area contributed by atoms with E-state index in [0.717, 1.165) is 28.8 Å². The Hall–Kier alpha value is -2.93. The molecule has 0 aliphatic heterocycles. The van der Waals surface area contributed by atoms with Crippen LogP contribution in [0.15, 0.2) is 36.7 Å². The lowest BCUT2D eigenvalue weighted by Gasteiger charge is -2.16. The molecule has 0 radical (unpaired) electrons. The maximum atomic E-state index is 12.7. The predicted octanol–water partition coefficient (Wildman–Crippen LogP) is 3.62. The van der Waals surface area contributed by atoms with E-state index in [1.807, 2.05) is 45.2 Å². The zero-order valence-electron chi connectivity index (χ0n) is 16.1. The molecular formula is C20H23ClN6O. The molecule has 1 atom stereocenters. The molecule has 2 aromatic heterocycles. The zero-order chi connectivity index (χ0) is 20.1. The summed E-state index contributed by atoms with van der Waals surface area (Å²) in [4.78, 5) is 21.5. The standard InChI is InChI=1S/C20H23ClN6O/c1-12-13(2)25-19(27-18(12)22-9-8-15-10-23-24-11-15)20(28)26-14(3)16-6-4-5-7-17(16)21/h4-7,10-11,14H,8-9H2,1-3H3,(H,23,24)(H,26,28)(H,22,25,27). The molecule has 0 saturated heterocycles. The Labute approximate surface area is 169 Å². The van der Waals surface area contributed by atoms with E-state index in [-0.39, 0.29) is 17.8 Å². The number of halogens is 1. The first-order chi connectivity index (χ1) is 13.5. The van der Waals surface area contributed by atoms with Crippen molar-refractivity contribution < 1.29 is 4.79 Å². The Bertz CT molecular complexity index is 957. The smallest absolute Gasteiger partial charge is 0.289 e. The molecule has 7 nitrogen and oxygen atoms in total. The van der Waals surface area contributed by atoms with E-state index in [1.54, 1.807) is 12.3 Å². The number of H-pyrrole nitrogens is 1. The average Bonchev–Trinajstić information content (AvgIpc) is 3.18. The summed E-state index contributed by atoms with van der Waals surface area (Å²) in [7, 11) is 0. The third-order valence-electron chi connectivity index (χ3n) is 4.57. The van der Waals surface area contributed by atoms with Crippen LogP contribution in [0.5, 0.6) is 0 Å². The number of nitrogens with zero attached hydrogens (tertiary/aromatic N) is 3. The lowest BCUT2D eigenvalue weighted by molar-refractivity contribution is 0.0929. The molecule has 3 rings (SSSR count). The fourth-order valence-electron chi connectivity index (χ4n) is 2.81. The van der Waals surface area contributed by atoms with Crippen molar-refractivity contribution in [1.82, 2.24) is 25.5 Å². The second kappa shape index (κ2) is 8.84. The van der Waals surface area contributed by atoms with Crippen LogP contribution in [-0.4, -0.2) is 32.6 Å². The van der Waals surface area contributed by atoms with Crippen LogP contribution < -0.4 is 10.6 Å². The number of hydrogen-bond donors (Lipinski definition) is 3. The van der Waals surface area contributed by atoms with E-state index >= 15 is 0 Å². The van der Waals surface area contributed by atoms with Crippen molar-refractivity contribution >= 4 is 23.3 Å². The normalized spacial score (nSPS) is 11.9. The molecule has 2 heterocycles. The van der Waals surface area contributed by atoms with Crippen LogP contribution in [0.2, 0.25) is 5.02 Å². The fourth-order valence-corrected chi connectivity index (χ4v) is 3.11. The van der Waals surface area contributed by atoms with Crippen molar-refractivity contribution in [3.05, 3.63) is 69.9 Å². The van der Waals surface area contributed by atoms with Crippen LogP contribution >= 0.6 is 11.6 Å². The first-order valence-electron chi connectivity index (χ1n) is 9.07. The van der Waals surface area contributed by atoms with Gasteiger partial charge in [0.1, 0.15) is 5.82 Å². The van der Waals surface area contributed by atoms with Crippen LogP contribution in [0, 0.1) is 13.8 Å². The van der Waals surface area contributed by atoms with E-state index in [0.29, 0.717) is 17.4 Å². The maximum Gasteiger partial charge on any atom is 0.289 e. The van der Waals surface area contributed by atoms with Crippen molar-refractivity contribution in [3.63, 3.8) is 0 Å². The molecule has 1 unspecified atom stereocenters. The highest BCUT2D eigenvalue weighted by Crippen LogP contribution is 2.22. The molecule has 0 spiro atoms. The minimum atomic E-state index is -0.339. The minimum absolute atomic E-state index is 0.132. The molecule has 3 aromatic rings. The number of carbonyl (C=O) groups excluding carboxylic acids is 1. The summed E-state index contributed by atoms with van der Waals surface area (Å²) in [5.41, 5.74) is 3.63. The molecule has 0 bridgehead atoms. The number of amides is 1. The molecule has 0 fully saturated rings. The van der Waals surface area contributed by atoms with Crippen LogP contribution in [0.1, 0.15) is 46.0 Å². The number of carbonyl (C=O) groups is 1. The molecule has 0 saturated carbocycles. The molecule has 3 N–H and O–H groups in total. The fraction of sp³-hybridized carbons (Fsp3) is 0.300. The van der Waals surface area contributed by atoms with Gasteiger partial charge in [0.05, 0.1) is 12.2 Å². The summed E-state index contributed by atoms with van der Waals surface area (Å²) in [6, 6.07) is 7.17. The predicted molar refractivity (Wildman–Crippen MR) is 110 cm³/mol. The zero-order valence-corrected chi connectivity index (χ0v) is 16.8. The largest absolute Gasteiger partial charge is 0.369 e. The second-order valence-corrected chi connectivity index (χ2v) is 7.01. The Morgan fingerprint density at radius 3 is 2.75 bits per heavy atom. The maximum absolute atomic E-state index is 12.7. The third kappa shape index (κ3) is 4.67. The molecule has 1 aromatic carbocycles. The lowest BCUT2D eigenvalue weighted by atomic mass is 10.1. The van der Waals surface area contributed by atoms with Gasteiger partial charge in [-0.15, -0.1) is 0 Å². The quantitative estimate of drug-likeness (QED) is 0.565. The number of benzene rings is 1. The van der Waals surface area contributed by atoms with Gasteiger partial charge in [-0.1, -0.05) is 29.8 Å². The first-order valence-corrected chi connectivity index (χ1v) is 9.45. The minimum Gasteiger partial charge on any atom is -0.369 e. The SMILES string of the molecule is Cc1nc(C(=O)NC(C)c2ccccc2Cl)nc(NCCc2cn[nH]c2)c1C. The van der Waals surface area contributed by atoms with E-state index in [2.05, 4.69) is 30.8 Å². The van der Waals surface area contributed by atoms with Crippen molar-refractivity contribution in [2.75, 3.05) is 11.9 Å². The molecule has 0 aliphatic rings. The highest BCUT2D eigenvalue weighted by Gasteiger charge is 2.18. The molecule has 28 heavy (non-hydrogen) atoms. The van der Waals surface area contributed by atoms with Gasteiger partial charge in [0.25, 0.3) is 5.91 Å². The molecule has 1 amide bonds. The van der Waals surface area contributed by atoms with Gasteiger partial charge in [-0.05, 0) is 44.4 Å². The average molecular weight is 399 g/mol. The van der Waals surface area contributed by atoms with E-state index in [4.69, 9.17) is 11.6 Å². The molecule has 8 heteroatoms. The van der Waals surface area contributed by atoms with Gasteiger partial charge < -0.3 is 10.6 Å². The molecule has 0 aliphatic carbocycles. The van der Waals surface area contributed by atoms with Crippen molar-refractivity contribution in [3.8, 4) is 0 Å². The summed E-state index contributed by atoms with van der Waals surface area (Å²) >= 11 is 6.22. The highest BCUT2D eigenvalue weighted by atomic mass is 35.5. The topological polar surface area (TPSA) is 95.6 Å². The van der Waals surface area contributed by atoms with E-state index < -0.39 is 0 Å². The number of rotatable bonds is 7. The van der Waals surface area contributed by atoms with Crippen molar-refractivity contribution in [1.29, 1.82) is 0 Å². The van der Waals surface area contributed by atoms with Gasteiger partial charge in [0.15, 0.2) is 0 Å². The Morgan fingerprint density at radius 1 is 1.25 bits per heavy atom. The van der Waals surface area contributed by atoms with Gasteiger partial charge in [-0.2, -0.15) is 5.10 Å². The van der Waals surface area contributed by atoms with Crippen LogP contribution in [0.25, 0.3) is 0 Å². The summed E-state index contributed by atoms with van der Waals surface area (Å²) in [5, 5.41) is 13.5. The van der Waals surface area contributed by atoms with E-state index in [1.165, 1.54) is 0 Å². The number of aryl methyl sites for hydroxylation is 1. The van der Waals surface area contributed by atoms with Crippen LogP contribution in [0.3, 0.4) is 0 Å². The van der Waals surface area contributed by atoms with Gasteiger partial charge in [0, 0.05) is 29.0 Å². The van der Waals surface area contributed by atoms with Crippen LogP contribution in [-0.2, 0) is 6.42 Å². The summed E-state index contributed by atoms with van der Waals surface area (Å²) < 4.78 is 0. The Balaban J connectivity index is 1.71. The van der Waals surface area contributed by atoms with Crippen molar-refractivity contribution in [2.24, 2.45) is 0 Å². The number of hydrogen-bond acceptors (Lipinski definition) is 5. The highest BCUT2D eigenvalue weighted by molar-refractivity contribution is 6.31. The van der Waals surface area contributed by atoms with Gasteiger partial charge in [0.2, 0.25) is 5.82 Å². The molecule has 146 valence electrons. The number of anilines is 1. The first kappa shape index (κ1) is 19.8. The monoisotopic (exact) mass is 398 g/mol. The third-order valence-corrected chi connectivity index (χ3v) is 4.92.